The SMILES string of the molecule is CC(Cc1cccc(F)c1)NC1CC=CCC1. The van der Waals surface area contributed by atoms with Crippen LogP contribution in [0.5, 0.6) is 0 Å². The minimum atomic E-state index is -0.143. The van der Waals surface area contributed by atoms with Crippen LogP contribution in [0, 0.1) is 5.82 Å². The van der Waals surface area contributed by atoms with E-state index < -0.39 is 0 Å². The van der Waals surface area contributed by atoms with E-state index >= 15 is 0 Å². The molecule has 0 amide bonds. The Balaban J connectivity index is 1.84. The molecule has 1 aliphatic rings. The van der Waals surface area contributed by atoms with Crippen molar-refractivity contribution >= 4 is 0 Å². The summed E-state index contributed by atoms with van der Waals surface area (Å²) in [6.45, 7) is 2.17. The van der Waals surface area contributed by atoms with Crippen LogP contribution >= 0.6 is 0 Å². The van der Waals surface area contributed by atoms with E-state index in [2.05, 4.69) is 24.4 Å². The monoisotopic (exact) mass is 233 g/mol. The van der Waals surface area contributed by atoms with Crippen LogP contribution in [0.4, 0.5) is 4.39 Å². The van der Waals surface area contributed by atoms with Crippen LogP contribution in [0.1, 0.15) is 31.7 Å². The predicted octanol–water partition coefficient (Wildman–Crippen LogP) is 3.46. The fourth-order valence-corrected chi connectivity index (χ4v) is 2.42. The molecule has 2 unspecified atom stereocenters. The molecule has 1 aromatic rings. The molecule has 1 aromatic carbocycles. The summed E-state index contributed by atoms with van der Waals surface area (Å²) >= 11 is 0. The van der Waals surface area contributed by atoms with Crippen molar-refractivity contribution in [2.75, 3.05) is 0 Å². The Hall–Kier alpha value is -1.15. The summed E-state index contributed by atoms with van der Waals surface area (Å²) in [5.41, 5.74) is 1.07. The Morgan fingerprint density at radius 3 is 3.00 bits per heavy atom. The van der Waals surface area contributed by atoms with Crippen LogP contribution in [-0.2, 0) is 6.42 Å². The highest BCUT2D eigenvalue weighted by Crippen LogP contribution is 2.13. The molecule has 0 saturated heterocycles. The Morgan fingerprint density at radius 2 is 2.29 bits per heavy atom. The zero-order valence-corrected chi connectivity index (χ0v) is 10.3. The van der Waals surface area contributed by atoms with Crippen LogP contribution in [-0.4, -0.2) is 12.1 Å². The van der Waals surface area contributed by atoms with Gasteiger partial charge in [0.1, 0.15) is 5.82 Å². The van der Waals surface area contributed by atoms with E-state index in [1.165, 1.54) is 18.9 Å². The average molecular weight is 233 g/mol. The second-order valence-electron chi connectivity index (χ2n) is 4.88. The molecule has 17 heavy (non-hydrogen) atoms. The lowest BCUT2D eigenvalue weighted by Gasteiger charge is -2.24. The first-order valence-corrected chi connectivity index (χ1v) is 6.39. The maximum Gasteiger partial charge on any atom is 0.123 e. The van der Waals surface area contributed by atoms with Gasteiger partial charge in [0.05, 0.1) is 0 Å². The van der Waals surface area contributed by atoms with Crippen molar-refractivity contribution in [3.63, 3.8) is 0 Å². The second-order valence-corrected chi connectivity index (χ2v) is 4.88. The zero-order chi connectivity index (χ0) is 12.1. The van der Waals surface area contributed by atoms with Crippen LogP contribution in [0.15, 0.2) is 36.4 Å². The van der Waals surface area contributed by atoms with Crippen LogP contribution < -0.4 is 5.32 Å². The summed E-state index contributed by atoms with van der Waals surface area (Å²) in [5.74, 6) is -0.143. The molecule has 92 valence electrons. The number of rotatable bonds is 4. The molecule has 2 heteroatoms. The van der Waals surface area contributed by atoms with Gasteiger partial charge < -0.3 is 5.32 Å². The van der Waals surface area contributed by atoms with Crippen LogP contribution in [0.3, 0.4) is 0 Å². The van der Waals surface area contributed by atoms with Gasteiger partial charge >= 0.3 is 0 Å². The Kier molecular flexibility index (Phi) is 4.32. The van der Waals surface area contributed by atoms with Gasteiger partial charge in [0.15, 0.2) is 0 Å². The largest absolute Gasteiger partial charge is 0.311 e. The molecule has 0 heterocycles. The highest BCUT2D eigenvalue weighted by Gasteiger charge is 2.12. The number of halogens is 1. The third-order valence-electron chi connectivity index (χ3n) is 3.22. The minimum Gasteiger partial charge on any atom is -0.311 e. The lowest BCUT2D eigenvalue weighted by Crippen LogP contribution is -2.38. The third-order valence-corrected chi connectivity index (χ3v) is 3.22. The minimum absolute atomic E-state index is 0.143. The van der Waals surface area contributed by atoms with Crippen LogP contribution in [0.25, 0.3) is 0 Å². The smallest absolute Gasteiger partial charge is 0.123 e. The summed E-state index contributed by atoms with van der Waals surface area (Å²) < 4.78 is 13.0. The van der Waals surface area contributed by atoms with E-state index in [1.807, 2.05) is 6.07 Å². The molecular formula is C15H20FN. The van der Waals surface area contributed by atoms with Gasteiger partial charge in [0, 0.05) is 12.1 Å². The lowest BCUT2D eigenvalue weighted by atomic mass is 9.99. The van der Waals surface area contributed by atoms with Crippen molar-refractivity contribution < 1.29 is 4.39 Å². The van der Waals surface area contributed by atoms with Gasteiger partial charge in [-0.1, -0.05) is 24.3 Å². The lowest BCUT2D eigenvalue weighted by molar-refractivity contribution is 0.416. The predicted molar refractivity (Wildman–Crippen MR) is 69.5 cm³/mol. The van der Waals surface area contributed by atoms with E-state index in [0.717, 1.165) is 18.4 Å². The van der Waals surface area contributed by atoms with E-state index in [0.29, 0.717) is 12.1 Å². The van der Waals surface area contributed by atoms with Gasteiger partial charge in [-0.05, 0) is 50.3 Å². The normalized spacial score (nSPS) is 21.4. The maximum atomic E-state index is 13.0. The fourth-order valence-electron chi connectivity index (χ4n) is 2.42. The summed E-state index contributed by atoms with van der Waals surface area (Å²) in [6.07, 6.45) is 8.88. The molecule has 0 fully saturated rings. The molecule has 2 rings (SSSR count). The van der Waals surface area contributed by atoms with Crippen molar-refractivity contribution in [2.45, 2.75) is 44.7 Å². The van der Waals surface area contributed by atoms with Gasteiger partial charge in [-0.3, -0.25) is 0 Å². The van der Waals surface area contributed by atoms with Crippen molar-refractivity contribution in [1.82, 2.24) is 5.32 Å². The zero-order valence-electron chi connectivity index (χ0n) is 10.3. The molecular weight excluding hydrogens is 213 g/mol. The van der Waals surface area contributed by atoms with Gasteiger partial charge in [0.2, 0.25) is 0 Å². The van der Waals surface area contributed by atoms with Crippen molar-refractivity contribution in [1.29, 1.82) is 0 Å². The van der Waals surface area contributed by atoms with Gasteiger partial charge in [0.25, 0.3) is 0 Å². The molecule has 1 aliphatic carbocycles. The summed E-state index contributed by atoms with van der Waals surface area (Å²) in [5, 5.41) is 3.61. The van der Waals surface area contributed by atoms with Crippen molar-refractivity contribution in [2.24, 2.45) is 0 Å². The Bertz CT molecular complexity index is 386. The first kappa shape index (κ1) is 12.3. The molecule has 1 nitrogen and oxygen atoms in total. The highest BCUT2D eigenvalue weighted by molar-refractivity contribution is 5.17. The number of hydrogen-bond acceptors (Lipinski definition) is 1. The number of benzene rings is 1. The van der Waals surface area contributed by atoms with Crippen LogP contribution in [0.2, 0.25) is 0 Å². The molecule has 0 spiro atoms. The first-order valence-electron chi connectivity index (χ1n) is 6.39. The first-order chi connectivity index (χ1) is 8.24. The molecule has 0 bridgehead atoms. The number of hydrogen-bond donors (Lipinski definition) is 1. The molecule has 0 aliphatic heterocycles. The number of nitrogens with one attached hydrogen (secondary N) is 1. The summed E-state index contributed by atoms with van der Waals surface area (Å²) in [7, 11) is 0. The molecule has 0 radical (unpaired) electrons. The van der Waals surface area contributed by atoms with E-state index in [9.17, 15) is 4.39 Å². The van der Waals surface area contributed by atoms with E-state index in [-0.39, 0.29) is 5.82 Å². The molecule has 1 N–H and O–H groups in total. The summed E-state index contributed by atoms with van der Waals surface area (Å²) in [6, 6.07) is 7.87. The quantitative estimate of drug-likeness (QED) is 0.785. The summed E-state index contributed by atoms with van der Waals surface area (Å²) in [4.78, 5) is 0. The van der Waals surface area contributed by atoms with Gasteiger partial charge in [-0.15, -0.1) is 0 Å². The maximum absolute atomic E-state index is 13.0. The fraction of sp³-hybridized carbons (Fsp3) is 0.467. The van der Waals surface area contributed by atoms with E-state index in [1.54, 1.807) is 12.1 Å². The number of allylic oxidation sites excluding steroid dienone is 1. The second kappa shape index (κ2) is 5.97. The molecule has 0 aromatic heterocycles. The third kappa shape index (κ3) is 3.97. The molecule has 2 atom stereocenters. The van der Waals surface area contributed by atoms with E-state index in [4.69, 9.17) is 0 Å². The van der Waals surface area contributed by atoms with Gasteiger partial charge in [-0.25, -0.2) is 4.39 Å². The van der Waals surface area contributed by atoms with Gasteiger partial charge in [-0.2, -0.15) is 0 Å². The Morgan fingerprint density at radius 1 is 1.41 bits per heavy atom. The standard InChI is InChI=1S/C15H20FN/c1-12(17-15-8-3-2-4-9-15)10-13-6-5-7-14(16)11-13/h2-3,5-7,11-12,15,17H,4,8-10H2,1H3. The average Bonchev–Trinajstić information content (AvgIpc) is 2.30. The molecule has 0 saturated carbocycles. The topological polar surface area (TPSA) is 12.0 Å². The van der Waals surface area contributed by atoms with Crippen molar-refractivity contribution in [3.8, 4) is 0 Å². The highest BCUT2D eigenvalue weighted by atomic mass is 19.1. The Labute approximate surface area is 103 Å². The van der Waals surface area contributed by atoms with Crippen molar-refractivity contribution in [3.05, 3.63) is 47.8 Å².